The van der Waals surface area contributed by atoms with Crippen LogP contribution in [0.5, 0.6) is 0 Å². The predicted octanol–water partition coefficient (Wildman–Crippen LogP) is 5.08. The number of nitrogens with zero attached hydrogens (tertiary/aromatic N) is 2. The van der Waals surface area contributed by atoms with Gasteiger partial charge in [-0.3, -0.25) is 14.8 Å². The molecule has 0 bridgehead atoms. The van der Waals surface area contributed by atoms with Gasteiger partial charge in [0.2, 0.25) is 5.91 Å². The van der Waals surface area contributed by atoms with Gasteiger partial charge in [-0.15, -0.1) is 11.3 Å². The third-order valence-corrected chi connectivity index (χ3v) is 5.98. The van der Waals surface area contributed by atoms with Crippen LogP contribution in [0.3, 0.4) is 0 Å². The van der Waals surface area contributed by atoms with Crippen molar-refractivity contribution in [1.82, 2.24) is 4.98 Å². The number of rotatable bonds is 4. The molecule has 0 aliphatic carbocycles. The largest absolute Gasteiger partial charge is 0.326 e. The molecule has 0 radical (unpaired) electrons. The predicted molar refractivity (Wildman–Crippen MR) is 115 cm³/mol. The maximum Gasteiger partial charge on any atom is 0.228 e. The summed E-state index contributed by atoms with van der Waals surface area (Å²) in [7, 11) is 0. The van der Waals surface area contributed by atoms with E-state index in [-0.39, 0.29) is 5.91 Å². The number of nitrogens with one attached hydrogen (secondary N) is 1. The van der Waals surface area contributed by atoms with E-state index in [1.807, 2.05) is 24.4 Å². The molecule has 3 heterocycles. The van der Waals surface area contributed by atoms with Crippen LogP contribution in [0.1, 0.15) is 16.7 Å². The molecule has 1 aliphatic heterocycles. The van der Waals surface area contributed by atoms with E-state index in [9.17, 15) is 4.79 Å². The first kappa shape index (κ1) is 16.8. The van der Waals surface area contributed by atoms with E-state index in [0.717, 1.165) is 22.4 Å². The molecule has 0 unspecified atom stereocenters. The molecule has 28 heavy (non-hydrogen) atoms. The van der Waals surface area contributed by atoms with Gasteiger partial charge in [-0.2, -0.15) is 0 Å². The number of amides is 1. The zero-order valence-electron chi connectivity index (χ0n) is 15.1. The van der Waals surface area contributed by atoms with Crippen molar-refractivity contribution in [2.45, 2.75) is 13.0 Å². The molecule has 0 fully saturated rings. The normalized spacial score (nSPS) is 12.3. The first-order chi connectivity index (χ1) is 13.8. The minimum absolute atomic E-state index is 0.0508. The van der Waals surface area contributed by atoms with E-state index < -0.39 is 0 Å². The Hall–Kier alpha value is -3.31. The number of aromatic nitrogens is 1. The summed E-state index contributed by atoms with van der Waals surface area (Å²) in [6, 6.07) is 18.4. The minimum Gasteiger partial charge on any atom is -0.326 e. The lowest BCUT2D eigenvalue weighted by atomic mass is 10.00. The molecular weight excluding hydrogens is 366 g/mol. The van der Waals surface area contributed by atoms with Gasteiger partial charge in [-0.25, -0.2) is 0 Å². The van der Waals surface area contributed by atoms with Crippen LogP contribution in [0.4, 0.5) is 5.69 Å². The van der Waals surface area contributed by atoms with E-state index in [4.69, 9.17) is 0 Å². The van der Waals surface area contributed by atoms with Crippen molar-refractivity contribution in [2.24, 2.45) is 4.99 Å². The number of fused-ring (bicyclic) bond motifs is 2. The molecule has 0 saturated heterocycles. The molecule has 5 heteroatoms. The van der Waals surface area contributed by atoms with Gasteiger partial charge < -0.3 is 5.32 Å². The lowest BCUT2D eigenvalue weighted by molar-refractivity contribution is -0.115. The fourth-order valence-corrected chi connectivity index (χ4v) is 4.63. The average molecular weight is 383 g/mol. The smallest absolute Gasteiger partial charge is 0.228 e. The highest BCUT2D eigenvalue weighted by atomic mass is 32.1. The Morgan fingerprint density at radius 2 is 2.04 bits per heavy atom. The molecule has 136 valence electrons. The summed E-state index contributed by atoms with van der Waals surface area (Å²) in [6.45, 7) is 0.683. The van der Waals surface area contributed by atoms with Crippen LogP contribution >= 0.6 is 11.3 Å². The number of aliphatic imine (C=N–C) groups is 1. The number of benzene rings is 2. The van der Waals surface area contributed by atoms with Crippen LogP contribution < -0.4 is 5.32 Å². The molecule has 2 aromatic heterocycles. The highest BCUT2D eigenvalue weighted by Gasteiger charge is 2.17. The molecule has 0 atom stereocenters. The molecular formula is C23H17N3OS. The molecule has 0 spiro atoms. The van der Waals surface area contributed by atoms with Gasteiger partial charge in [0.25, 0.3) is 0 Å². The Labute approximate surface area is 166 Å². The maximum absolute atomic E-state index is 12.5. The molecule has 1 N–H and O–H groups in total. The lowest BCUT2D eigenvalue weighted by Crippen LogP contribution is -2.15. The molecule has 5 rings (SSSR count). The third-order valence-electron chi connectivity index (χ3n) is 4.83. The van der Waals surface area contributed by atoms with Crippen molar-refractivity contribution in [2.75, 3.05) is 5.32 Å². The monoisotopic (exact) mass is 383 g/mol. The van der Waals surface area contributed by atoms with Crippen molar-refractivity contribution in [3.05, 3.63) is 83.7 Å². The SMILES string of the molecule is O=C(Cc1cccnc1)Nc1cc2c(c(-c3cc4ccccc4s3)c1)CN=C2. The molecule has 1 aliphatic rings. The second-order valence-corrected chi connectivity index (χ2v) is 7.88. The van der Waals surface area contributed by atoms with E-state index in [2.05, 4.69) is 51.7 Å². The van der Waals surface area contributed by atoms with Crippen molar-refractivity contribution >= 4 is 39.2 Å². The number of pyridine rings is 1. The fourth-order valence-electron chi connectivity index (χ4n) is 3.52. The number of hydrogen-bond donors (Lipinski definition) is 1. The Kier molecular flexibility index (Phi) is 4.22. The van der Waals surface area contributed by atoms with Crippen LogP contribution in [-0.4, -0.2) is 17.1 Å². The van der Waals surface area contributed by atoms with Crippen LogP contribution in [0.25, 0.3) is 20.5 Å². The number of thiophene rings is 1. The number of carbonyl (C=O) groups is 1. The summed E-state index contributed by atoms with van der Waals surface area (Å²) in [5, 5.41) is 4.28. The Morgan fingerprint density at radius 1 is 1.11 bits per heavy atom. The molecule has 4 aromatic rings. The third kappa shape index (κ3) is 3.21. The zero-order valence-corrected chi connectivity index (χ0v) is 15.9. The van der Waals surface area contributed by atoms with E-state index >= 15 is 0 Å². The summed E-state index contributed by atoms with van der Waals surface area (Å²) in [4.78, 5) is 22.2. The Bertz CT molecular complexity index is 1180. The first-order valence-electron chi connectivity index (χ1n) is 9.11. The Balaban J connectivity index is 1.49. The van der Waals surface area contributed by atoms with Crippen molar-refractivity contribution < 1.29 is 4.79 Å². The molecule has 4 nitrogen and oxygen atoms in total. The number of carbonyl (C=O) groups excluding carboxylic acids is 1. The summed E-state index contributed by atoms with van der Waals surface area (Å²) < 4.78 is 1.26. The van der Waals surface area contributed by atoms with Gasteiger partial charge >= 0.3 is 0 Å². The quantitative estimate of drug-likeness (QED) is 0.534. The van der Waals surface area contributed by atoms with Gasteiger partial charge in [-0.05, 0) is 52.4 Å². The zero-order chi connectivity index (χ0) is 18.9. The van der Waals surface area contributed by atoms with Gasteiger partial charge in [0.05, 0.1) is 13.0 Å². The van der Waals surface area contributed by atoms with Gasteiger partial charge in [0.1, 0.15) is 0 Å². The van der Waals surface area contributed by atoms with Crippen molar-refractivity contribution in [1.29, 1.82) is 0 Å². The highest BCUT2D eigenvalue weighted by molar-refractivity contribution is 7.22. The van der Waals surface area contributed by atoms with E-state index in [1.165, 1.54) is 20.5 Å². The van der Waals surface area contributed by atoms with Gasteiger partial charge in [0, 0.05) is 39.4 Å². The standard InChI is InChI=1S/C23H17N3OS/c27-23(8-15-4-3-7-24-12-15)26-18-9-17-13-25-14-20(17)19(11-18)22-10-16-5-1-2-6-21(16)28-22/h1-7,9-13H,8,14H2,(H,26,27). The second kappa shape index (κ2) is 7.02. The van der Waals surface area contributed by atoms with Gasteiger partial charge in [0.15, 0.2) is 0 Å². The maximum atomic E-state index is 12.5. The van der Waals surface area contributed by atoms with Crippen molar-refractivity contribution in [3.63, 3.8) is 0 Å². The summed E-state index contributed by atoms with van der Waals surface area (Å²) in [5.74, 6) is -0.0508. The van der Waals surface area contributed by atoms with Crippen LogP contribution in [0, 0.1) is 0 Å². The fraction of sp³-hybridized carbons (Fsp3) is 0.0870. The molecule has 2 aromatic carbocycles. The summed E-state index contributed by atoms with van der Waals surface area (Å²) >= 11 is 1.77. The summed E-state index contributed by atoms with van der Waals surface area (Å²) in [6.07, 6.45) is 5.62. The molecule has 0 saturated carbocycles. The second-order valence-electron chi connectivity index (χ2n) is 6.80. The first-order valence-corrected chi connectivity index (χ1v) is 9.92. The summed E-state index contributed by atoms with van der Waals surface area (Å²) in [5.41, 5.74) is 5.14. The average Bonchev–Trinajstić information content (AvgIpc) is 3.34. The number of anilines is 1. The van der Waals surface area contributed by atoms with Gasteiger partial charge in [-0.1, -0.05) is 24.3 Å². The van der Waals surface area contributed by atoms with Crippen LogP contribution in [0.2, 0.25) is 0 Å². The minimum atomic E-state index is -0.0508. The van der Waals surface area contributed by atoms with Crippen LogP contribution in [-0.2, 0) is 17.8 Å². The van der Waals surface area contributed by atoms with Crippen LogP contribution in [0.15, 0.2) is 72.0 Å². The van der Waals surface area contributed by atoms with Crippen molar-refractivity contribution in [3.8, 4) is 10.4 Å². The van der Waals surface area contributed by atoms with E-state index in [0.29, 0.717) is 13.0 Å². The highest BCUT2D eigenvalue weighted by Crippen LogP contribution is 2.39. The lowest BCUT2D eigenvalue weighted by Gasteiger charge is -2.11. The molecule has 1 amide bonds. The Morgan fingerprint density at radius 3 is 2.89 bits per heavy atom. The topological polar surface area (TPSA) is 54.4 Å². The number of hydrogen-bond acceptors (Lipinski definition) is 4. The van der Waals surface area contributed by atoms with E-state index in [1.54, 1.807) is 23.7 Å².